The van der Waals surface area contributed by atoms with Crippen LogP contribution < -0.4 is 5.32 Å². The SMILES string of the molecule is O=C(Nc1cc(F)ccc1F)N1CCN(C/C=C/c2ccccc2)CC1. The van der Waals surface area contributed by atoms with Gasteiger partial charge in [0, 0.05) is 38.8 Å². The van der Waals surface area contributed by atoms with Gasteiger partial charge in [-0.25, -0.2) is 13.6 Å². The van der Waals surface area contributed by atoms with Gasteiger partial charge in [0.2, 0.25) is 0 Å². The molecule has 136 valence electrons. The lowest BCUT2D eigenvalue weighted by molar-refractivity contribution is 0.156. The van der Waals surface area contributed by atoms with Gasteiger partial charge < -0.3 is 10.2 Å². The van der Waals surface area contributed by atoms with Crippen molar-refractivity contribution in [2.45, 2.75) is 0 Å². The number of nitrogens with one attached hydrogen (secondary N) is 1. The van der Waals surface area contributed by atoms with E-state index in [0.29, 0.717) is 13.1 Å². The average Bonchev–Trinajstić information content (AvgIpc) is 2.66. The molecule has 2 aromatic rings. The third-order valence-corrected chi connectivity index (χ3v) is 4.30. The van der Waals surface area contributed by atoms with Crippen LogP contribution in [0.15, 0.2) is 54.6 Å². The third kappa shape index (κ3) is 4.89. The molecule has 1 N–H and O–H groups in total. The van der Waals surface area contributed by atoms with Crippen molar-refractivity contribution in [3.8, 4) is 0 Å². The van der Waals surface area contributed by atoms with Crippen molar-refractivity contribution in [1.29, 1.82) is 0 Å². The fourth-order valence-corrected chi connectivity index (χ4v) is 2.82. The molecule has 3 rings (SSSR count). The van der Waals surface area contributed by atoms with Crippen LogP contribution in [-0.4, -0.2) is 48.6 Å². The minimum Gasteiger partial charge on any atom is -0.322 e. The first-order valence-electron chi connectivity index (χ1n) is 8.57. The molecule has 2 amide bonds. The van der Waals surface area contributed by atoms with E-state index < -0.39 is 17.7 Å². The topological polar surface area (TPSA) is 35.6 Å². The maximum atomic E-state index is 13.6. The summed E-state index contributed by atoms with van der Waals surface area (Å²) in [7, 11) is 0. The van der Waals surface area contributed by atoms with E-state index in [1.807, 2.05) is 30.3 Å². The lowest BCUT2D eigenvalue weighted by Gasteiger charge is -2.34. The van der Waals surface area contributed by atoms with Gasteiger partial charge in [-0.05, 0) is 17.7 Å². The lowest BCUT2D eigenvalue weighted by Crippen LogP contribution is -2.50. The second-order valence-corrected chi connectivity index (χ2v) is 6.16. The van der Waals surface area contributed by atoms with Gasteiger partial charge in [0.15, 0.2) is 0 Å². The highest BCUT2D eigenvalue weighted by atomic mass is 19.1. The Hall–Kier alpha value is -2.73. The smallest absolute Gasteiger partial charge is 0.322 e. The summed E-state index contributed by atoms with van der Waals surface area (Å²) < 4.78 is 26.8. The largest absolute Gasteiger partial charge is 0.322 e. The minimum absolute atomic E-state index is 0.136. The minimum atomic E-state index is -0.649. The van der Waals surface area contributed by atoms with Crippen LogP contribution in [0.5, 0.6) is 0 Å². The van der Waals surface area contributed by atoms with Crippen LogP contribution in [-0.2, 0) is 0 Å². The molecule has 0 spiro atoms. The number of benzene rings is 2. The molecule has 1 heterocycles. The monoisotopic (exact) mass is 357 g/mol. The van der Waals surface area contributed by atoms with Crippen LogP contribution in [0.4, 0.5) is 19.3 Å². The Morgan fingerprint density at radius 1 is 1.04 bits per heavy atom. The van der Waals surface area contributed by atoms with Crippen molar-refractivity contribution in [2.24, 2.45) is 0 Å². The highest BCUT2D eigenvalue weighted by Gasteiger charge is 2.21. The van der Waals surface area contributed by atoms with Gasteiger partial charge in [-0.15, -0.1) is 0 Å². The molecule has 6 heteroatoms. The molecule has 4 nitrogen and oxygen atoms in total. The van der Waals surface area contributed by atoms with E-state index in [9.17, 15) is 13.6 Å². The van der Waals surface area contributed by atoms with E-state index >= 15 is 0 Å². The molecule has 1 aliphatic heterocycles. The van der Waals surface area contributed by atoms with E-state index in [0.717, 1.165) is 43.4 Å². The second kappa shape index (κ2) is 8.58. The molecule has 0 atom stereocenters. The fraction of sp³-hybridized carbons (Fsp3) is 0.250. The van der Waals surface area contributed by atoms with Crippen LogP contribution >= 0.6 is 0 Å². The summed E-state index contributed by atoms with van der Waals surface area (Å²) in [6, 6.07) is 12.7. The van der Waals surface area contributed by atoms with Gasteiger partial charge in [-0.3, -0.25) is 4.90 Å². The molecule has 2 aromatic carbocycles. The van der Waals surface area contributed by atoms with Gasteiger partial charge in [0.1, 0.15) is 11.6 Å². The van der Waals surface area contributed by atoms with Crippen molar-refractivity contribution in [1.82, 2.24) is 9.80 Å². The molecule has 0 aliphatic carbocycles. The number of urea groups is 1. The Morgan fingerprint density at radius 2 is 1.77 bits per heavy atom. The van der Waals surface area contributed by atoms with Gasteiger partial charge in [-0.2, -0.15) is 0 Å². The number of hydrogen-bond donors (Lipinski definition) is 1. The molecular formula is C20H21F2N3O. The summed E-state index contributed by atoms with van der Waals surface area (Å²) in [5.74, 6) is -1.24. The quantitative estimate of drug-likeness (QED) is 0.903. The number of halogens is 2. The Morgan fingerprint density at radius 3 is 2.50 bits per heavy atom. The third-order valence-electron chi connectivity index (χ3n) is 4.30. The average molecular weight is 357 g/mol. The Balaban J connectivity index is 1.46. The molecule has 1 aliphatic rings. The number of carbonyl (C=O) groups excluding carboxylic acids is 1. The van der Waals surface area contributed by atoms with Crippen molar-refractivity contribution < 1.29 is 13.6 Å². The van der Waals surface area contributed by atoms with Gasteiger partial charge in [-0.1, -0.05) is 42.5 Å². The molecule has 0 saturated carbocycles. The van der Waals surface area contributed by atoms with Crippen molar-refractivity contribution in [3.63, 3.8) is 0 Å². The highest BCUT2D eigenvalue weighted by molar-refractivity contribution is 5.89. The first-order chi connectivity index (χ1) is 12.6. The number of anilines is 1. The highest BCUT2D eigenvalue weighted by Crippen LogP contribution is 2.16. The Bertz CT molecular complexity index is 772. The van der Waals surface area contributed by atoms with Gasteiger partial charge in [0.25, 0.3) is 0 Å². The summed E-state index contributed by atoms with van der Waals surface area (Å²) in [4.78, 5) is 16.1. The number of carbonyl (C=O) groups is 1. The van der Waals surface area contributed by atoms with Crippen LogP contribution in [0, 0.1) is 11.6 Å². The van der Waals surface area contributed by atoms with Crippen LogP contribution in [0.2, 0.25) is 0 Å². The van der Waals surface area contributed by atoms with Crippen molar-refractivity contribution >= 4 is 17.8 Å². The zero-order valence-corrected chi connectivity index (χ0v) is 14.4. The van der Waals surface area contributed by atoms with Gasteiger partial charge >= 0.3 is 6.03 Å². The Labute approximate surface area is 151 Å². The first kappa shape index (κ1) is 18.1. The first-order valence-corrected chi connectivity index (χ1v) is 8.57. The summed E-state index contributed by atoms with van der Waals surface area (Å²) in [5.41, 5.74) is 1.02. The van der Waals surface area contributed by atoms with Gasteiger partial charge in [0.05, 0.1) is 5.69 Å². The number of rotatable bonds is 4. The molecule has 1 saturated heterocycles. The Kier molecular flexibility index (Phi) is 5.96. The maximum Gasteiger partial charge on any atom is 0.322 e. The second-order valence-electron chi connectivity index (χ2n) is 6.16. The summed E-state index contributed by atoms with van der Waals surface area (Å²) in [6.07, 6.45) is 4.18. The van der Waals surface area contributed by atoms with Crippen LogP contribution in [0.1, 0.15) is 5.56 Å². The van der Waals surface area contributed by atoms with E-state index in [2.05, 4.69) is 22.4 Å². The number of nitrogens with zero attached hydrogens (tertiary/aromatic N) is 2. The fourth-order valence-electron chi connectivity index (χ4n) is 2.82. The number of amides is 2. The van der Waals surface area contributed by atoms with Crippen molar-refractivity contribution in [2.75, 3.05) is 38.0 Å². The number of hydrogen-bond acceptors (Lipinski definition) is 2. The standard InChI is InChI=1S/C20H21F2N3O/c21-17-8-9-18(22)19(15-17)23-20(26)25-13-11-24(12-14-25)10-4-7-16-5-2-1-3-6-16/h1-9,15H,10-14H2,(H,23,26)/b7-4+. The van der Waals surface area contributed by atoms with E-state index in [1.165, 1.54) is 0 Å². The zero-order chi connectivity index (χ0) is 18.4. The predicted octanol–water partition coefficient (Wildman–Crippen LogP) is 3.83. The molecular weight excluding hydrogens is 336 g/mol. The molecule has 26 heavy (non-hydrogen) atoms. The summed E-state index contributed by atoms with van der Waals surface area (Å²) in [6.45, 7) is 3.36. The normalized spacial score (nSPS) is 15.4. The zero-order valence-electron chi connectivity index (χ0n) is 14.4. The van der Waals surface area contributed by atoms with Crippen LogP contribution in [0.25, 0.3) is 6.08 Å². The van der Waals surface area contributed by atoms with E-state index in [1.54, 1.807) is 4.90 Å². The van der Waals surface area contributed by atoms with E-state index in [4.69, 9.17) is 0 Å². The molecule has 0 bridgehead atoms. The molecule has 0 unspecified atom stereocenters. The summed E-state index contributed by atoms with van der Waals surface area (Å²) in [5, 5.41) is 2.44. The lowest BCUT2D eigenvalue weighted by atomic mass is 10.2. The maximum absolute atomic E-state index is 13.6. The molecule has 0 aromatic heterocycles. The predicted molar refractivity (Wildman–Crippen MR) is 98.9 cm³/mol. The number of piperazine rings is 1. The van der Waals surface area contributed by atoms with E-state index in [-0.39, 0.29) is 5.69 Å². The van der Waals surface area contributed by atoms with Crippen LogP contribution in [0.3, 0.4) is 0 Å². The molecule has 0 radical (unpaired) electrons. The van der Waals surface area contributed by atoms with Crippen molar-refractivity contribution in [3.05, 3.63) is 71.8 Å². The molecule has 1 fully saturated rings. The summed E-state index contributed by atoms with van der Waals surface area (Å²) >= 11 is 0.